The molecule has 1 heterocycles. The summed E-state index contributed by atoms with van der Waals surface area (Å²) in [6.07, 6.45) is 5.07. The molecule has 2 atom stereocenters. The van der Waals surface area contributed by atoms with Crippen molar-refractivity contribution in [2.45, 2.75) is 45.4 Å². The number of aliphatic carboxylic acids is 1. The second kappa shape index (κ2) is 6.57. The van der Waals surface area contributed by atoms with Crippen molar-refractivity contribution in [3.8, 4) is 0 Å². The van der Waals surface area contributed by atoms with Gasteiger partial charge in [-0.25, -0.2) is 0 Å². The number of ether oxygens (including phenoxy) is 1. The van der Waals surface area contributed by atoms with Crippen molar-refractivity contribution in [3.63, 3.8) is 0 Å². The number of nitrogens with one attached hydrogen (secondary N) is 1. The van der Waals surface area contributed by atoms with Gasteiger partial charge in [0.15, 0.2) is 0 Å². The van der Waals surface area contributed by atoms with Gasteiger partial charge in [0.2, 0.25) is 5.91 Å². The number of carbonyl (C=O) groups is 2. The monoisotopic (exact) mass is 283 g/mol. The molecule has 0 radical (unpaired) electrons. The van der Waals surface area contributed by atoms with Gasteiger partial charge in [0.1, 0.15) is 0 Å². The van der Waals surface area contributed by atoms with Gasteiger partial charge < -0.3 is 15.2 Å². The summed E-state index contributed by atoms with van der Waals surface area (Å²) in [6, 6.07) is 0. The minimum Gasteiger partial charge on any atom is -0.481 e. The Balaban J connectivity index is 1.88. The van der Waals surface area contributed by atoms with Crippen molar-refractivity contribution in [2.75, 3.05) is 19.8 Å². The highest BCUT2D eigenvalue weighted by Crippen LogP contribution is 2.32. The molecule has 20 heavy (non-hydrogen) atoms. The Bertz CT molecular complexity index is 363. The average molecular weight is 283 g/mol. The fourth-order valence-electron chi connectivity index (χ4n) is 3.21. The molecule has 2 rings (SSSR count). The molecule has 2 unspecified atom stereocenters. The number of hydrogen-bond donors (Lipinski definition) is 2. The molecule has 1 aliphatic heterocycles. The third-order valence-corrected chi connectivity index (χ3v) is 4.81. The Morgan fingerprint density at radius 1 is 1.20 bits per heavy atom. The molecule has 1 saturated carbocycles. The highest BCUT2D eigenvalue weighted by Gasteiger charge is 2.36. The normalized spacial score (nSPS) is 29.6. The highest BCUT2D eigenvalue weighted by molar-refractivity contribution is 5.84. The molecule has 5 heteroatoms. The Hall–Kier alpha value is -1.10. The number of carbonyl (C=O) groups excluding carboxylic acids is 1. The third-order valence-electron chi connectivity index (χ3n) is 4.81. The Labute approximate surface area is 120 Å². The van der Waals surface area contributed by atoms with Crippen LogP contribution in [0.1, 0.15) is 45.4 Å². The van der Waals surface area contributed by atoms with Crippen LogP contribution in [0.3, 0.4) is 0 Å². The smallest absolute Gasteiger partial charge is 0.307 e. The lowest BCUT2D eigenvalue weighted by Gasteiger charge is -2.35. The van der Waals surface area contributed by atoms with Gasteiger partial charge >= 0.3 is 5.97 Å². The second-order valence-electron chi connectivity index (χ2n) is 6.48. The molecule has 0 aromatic heterocycles. The van der Waals surface area contributed by atoms with E-state index >= 15 is 0 Å². The lowest BCUT2D eigenvalue weighted by Crippen LogP contribution is -2.44. The van der Waals surface area contributed by atoms with Crippen LogP contribution in [-0.2, 0) is 14.3 Å². The van der Waals surface area contributed by atoms with E-state index in [0.29, 0.717) is 19.4 Å². The molecule has 0 bridgehead atoms. The van der Waals surface area contributed by atoms with Crippen LogP contribution in [0.25, 0.3) is 0 Å². The molecule has 1 amide bonds. The summed E-state index contributed by atoms with van der Waals surface area (Å²) in [6.45, 7) is 4.27. The van der Waals surface area contributed by atoms with E-state index in [9.17, 15) is 14.7 Å². The van der Waals surface area contributed by atoms with Gasteiger partial charge in [0.25, 0.3) is 0 Å². The van der Waals surface area contributed by atoms with Gasteiger partial charge in [-0.15, -0.1) is 0 Å². The highest BCUT2D eigenvalue weighted by atomic mass is 16.5. The second-order valence-corrected chi connectivity index (χ2v) is 6.48. The topological polar surface area (TPSA) is 75.6 Å². The first-order valence-electron chi connectivity index (χ1n) is 7.60. The predicted octanol–water partition coefficient (Wildman–Crippen LogP) is 1.81. The van der Waals surface area contributed by atoms with Crippen molar-refractivity contribution >= 4 is 11.9 Å². The molecule has 1 aliphatic carbocycles. The van der Waals surface area contributed by atoms with Gasteiger partial charge in [-0.2, -0.15) is 0 Å². The molecule has 2 N–H and O–H groups in total. The van der Waals surface area contributed by atoms with Crippen molar-refractivity contribution in [3.05, 3.63) is 0 Å². The summed E-state index contributed by atoms with van der Waals surface area (Å²) in [4.78, 5) is 23.5. The lowest BCUT2D eigenvalue weighted by atomic mass is 9.78. The van der Waals surface area contributed by atoms with Crippen LogP contribution >= 0.6 is 0 Å². The molecule has 1 saturated heterocycles. The molecule has 0 aromatic rings. The Kier molecular flexibility index (Phi) is 5.02. The lowest BCUT2D eigenvalue weighted by molar-refractivity contribution is -0.149. The summed E-state index contributed by atoms with van der Waals surface area (Å²) in [7, 11) is 0. The van der Waals surface area contributed by atoms with Crippen molar-refractivity contribution < 1.29 is 19.4 Å². The quantitative estimate of drug-likeness (QED) is 0.825. The van der Waals surface area contributed by atoms with Crippen LogP contribution in [0, 0.1) is 17.3 Å². The van der Waals surface area contributed by atoms with E-state index in [4.69, 9.17) is 4.74 Å². The van der Waals surface area contributed by atoms with Crippen molar-refractivity contribution in [2.24, 2.45) is 17.3 Å². The zero-order valence-corrected chi connectivity index (χ0v) is 12.2. The molecular weight excluding hydrogens is 258 g/mol. The molecular formula is C15H25NO4. The molecule has 2 aliphatic rings. The van der Waals surface area contributed by atoms with Crippen molar-refractivity contribution in [1.29, 1.82) is 0 Å². The van der Waals surface area contributed by atoms with Crippen LogP contribution in [-0.4, -0.2) is 36.7 Å². The fourth-order valence-corrected chi connectivity index (χ4v) is 3.21. The van der Waals surface area contributed by atoms with Crippen LogP contribution in [0.4, 0.5) is 0 Å². The maximum Gasteiger partial charge on any atom is 0.307 e. The molecule has 0 aromatic carbocycles. The predicted molar refractivity (Wildman–Crippen MR) is 74.3 cm³/mol. The zero-order chi connectivity index (χ0) is 14.6. The molecule has 114 valence electrons. The van der Waals surface area contributed by atoms with Gasteiger partial charge in [0.05, 0.1) is 11.8 Å². The SMILES string of the molecule is CC1(CNC(=O)C2CCCCC2C(=O)O)CCOCC1. The first-order valence-corrected chi connectivity index (χ1v) is 7.60. The van der Waals surface area contributed by atoms with Crippen LogP contribution in [0.15, 0.2) is 0 Å². The summed E-state index contributed by atoms with van der Waals surface area (Å²) < 4.78 is 5.35. The van der Waals surface area contributed by atoms with Crippen LogP contribution in [0.2, 0.25) is 0 Å². The zero-order valence-electron chi connectivity index (χ0n) is 12.2. The average Bonchev–Trinajstić information content (AvgIpc) is 2.45. The van der Waals surface area contributed by atoms with Crippen LogP contribution < -0.4 is 5.32 Å². The Morgan fingerprint density at radius 3 is 2.40 bits per heavy atom. The van der Waals surface area contributed by atoms with Gasteiger partial charge in [-0.05, 0) is 31.1 Å². The van der Waals surface area contributed by atoms with E-state index < -0.39 is 11.9 Å². The largest absolute Gasteiger partial charge is 0.481 e. The Morgan fingerprint density at radius 2 is 1.80 bits per heavy atom. The maximum atomic E-state index is 12.3. The van der Waals surface area contributed by atoms with Crippen LogP contribution in [0.5, 0.6) is 0 Å². The summed E-state index contributed by atoms with van der Waals surface area (Å²) in [5, 5.41) is 12.2. The van der Waals surface area contributed by atoms with Gasteiger partial charge in [-0.1, -0.05) is 19.8 Å². The number of carboxylic acid groups (broad SMARTS) is 1. The molecule has 5 nitrogen and oxygen atoms in total. The van der Waals surface area contributed by atoms with E-state index in [1.165, 1.54) is 0 Å². The fraction of sp³-hybridized carbons (Fsp3) is 0.867. The first-order chi connectivity index (χ1) is 9.52. The number of amides is 1. The van der Waals surface area contributed by atoms with E-state index in [1.807, 2.05) is 0 Å². The van der Waals surface area contributed by atoms with Gasteiger partial charge in [-0.3, -0.25) is 9.59 Å². The first kappa shape index (κ1) is 15.3. The number of rotatable bonds is 4. The van der Waals surface area contributed by atoms with E-state index in [2.05, 4.69) is 12.2 Å². The van der Waals surface area contributed by atoms with Crippen molar-refractivity contribution in [1.82, 2.24) is 5.32 Å². The standard InChI is InChI=1S/C15H25NO4/c1-15(6-8-20-9-7-15)10-16-13(17)11-4-2-3-5-12(11)14(18)19/h11-12H,2-10H2,1H3,(H,16,17)(H,18,19). The minimum absolute atomic E-state index is 0.0789. The van der Waals surface area contributed by atoms with E-state index in [-0.39, 0.29) is 17.2 Å². The summed E-state index contributed by atoms with van der Waals surface area (Å²) in [5.41, 5.74) is 0.0846. The minimum atomic E-state index is -0.831. The van der Waals surface area contributed by atoms with E-state index in [1.54, 1.807) is 0 Å². The van der Waals surface area contributed by atoms with Gasteiger partial charge in [0, 0.05) is 19.8 Å². The summed E-state index contributed by atoms with van der Waals surface area (Å²) in [5.74, 6) is -1.78. The number of carboxylic acids is 1. The molecule has 2 fully saturated rings. The number of hydrogen-bond acceptors (Lipinski definition) is 3. The molecule has 0 spiro atoms. The third kappa shape index (κ3) is 3.72. The van der Waals surface area contributed by atoms with E-state index in [0.717, 1.165) is 38.9 Å². The summed E-state index contributed by atoms with van der Waals surface area (Å²) >= 11 is 0. The maximum absolute atomic E-state index is 12.3.